The molecule has 0 aliphatic carbocycles. The van der Waals surface area contributed by atoms with Crippen molar-refractivity contribution in [2.75, 3.05) is 0 Å². The molecule has 0 fully saturated rings. The van der Waals surface area contributed by atoms with E-state index in [0.29, 0.717) is 5.92 Å². The van der Waals surface area contributed by atoms with Crippen LogP contribution in [0.5, 0.6) is 0 Å². The predicted molar refractivity (Wildman–Crippen MR) is 90.4 cm³/mol. The minimum atomic E-state index is 0. The lowest BCUT2D eigenvalue weighted by Gasteiger charge is -1.93. The first kappa shape index (κ1) is 25.7. The highest BCUT2D eigenvalue weighted by atomic mass is 13.9. The van der Waals surface area contributed by atoms with Crippen LogP contribution in [0.4, 0.5) is 0 Å². The highest BCUT2D eigenvalue weighted by molar-refractivity contribution is 5.23. The molecule has 0 nitrogen and oxygen atoms in total. The van der Waals surface area contributed by atoms with E-state index in [2.05, 4.69) is 58.5 Å². The summed E-state index contributed by atoms with van der Waals surface area (Å²) >= 11 is 0. The second-order valence-corrected chi connectivity index (χ2v) is 3.56. The maximum Gasteiger partial charge on any atom is -0.0293 e. The molecule has 1 aromatic carbocycles. The van der Waals surface area contributed by atoms with Crippen LogP contribution >= 0.6 is 0 Å². The van der Waals surface area contributed by atoms with E-state index in [1.807, 2.05) is 33.8 Å². The van der Waals surface area contributed by atoms with Gasteiger partial charge in [0.15, 0.2) is 0 Å². The molecular weight excluding hydrogens is 216 g/mol. The Bertz CT molecular complexity index is 225. The molecule has 0 aromatic heterocycles. The fourth-order valence-corrected chi connectivity index (χ4v) is 0.663. The average Bonchev–Trinajstić information content (AvgIpc) is 2.38. The van der Waals surface area contributed by atoms with Crippen LogP contribution in [0.25, 0.3) is 0 Å². The van der Waals surface area contributed by atoms with Crippen molar-refractivity contribution in [3.8, 4) is 0 Å². The van der Waals surface area contributed by atoms with Crippen LogP contribution in [0, 0.1) is 19.8 Å². The third-order valence-electron chi connectivity index (χ3n) is 1.90. The average molecular weight is 252 g/mol. The molecule has 0 aliphatic heterocycles. The van der Waals surface area contributed by atoms with Crippen molar-refractivity contribution in [3.63, 3.8) is 0 Å². The molecule has 0 heterocycles. The quantitative estimate of drug-likeness (QED) is 0.481. The highest BCUT2D eigenvalue weighted by Gasteiger charge is 1.83. The first-order chi connectivity index (χ1) is 8.07. The highest BCUT2D eigenvalue weighted by Crippen LogP contribution is 2.02. The Labute approximate surface area is 117 Å². The summed E-state index contributed by atoms with van der Waals surface area (Å²) in [5, 5.41) is 0. The van der Waals surface area contributed by atoms with Crippen molar-refractivity contribution in [1.29, 1.82) is 0 Å². The van der Waals surface area contributed by atoms with Gasteiger partial charge in [-0.3, -0.25) is 0 Å². The molecule has 108 valence electrons. The number of aryl methyl sites for hydroxylation is 2. The van der Waals surface area contributed by atoms with Gasteiger partial charge in [0, 0.05) is 0 Å². The summed E-state index contributed by atoms with van der Waals surface area (Å²) < 4.78 is 0. The van der Waals surface area contributed by atoms with E-state index in [-0.39, 0.29) is 7.43 Å². The Morgan fingerprint density at radius 1 is 0.889 bits per heavy atom. The van der Waals surface area contributed by atoms with Crippen LogP contribution in [0.2, 0.25) is 0 Å². The van der Waals surface area contributed by atoms with Crippen LogP contribution in [0.3, 0.4) is 0 Å². The molecule has 0 N–H and O–H groups in total. The summed E-state index contributed by atoms with van der Waals surface area (Å²) in [6.45, 7) is 20.0. The van der Waals surface area contributed by atoms with E-state index in [4.69, 9.17) is 0 Å². The van der Waals surface area contributed by atoms with E-state index < -0.39 is 0 Å². The SMILES string of the molecule is C.C=CC(C)C.CC.CC.Cc1ccccc1C. The summed E-state index contributed by atoms with van der Waals surface area (Å²) in [5.74, 6) is 0.648. The molecule has 0 heteroatoms. The van der Waals surface area contributed by atoms with Crippen LogP contribution < -0.4 is 0 Å². The third-order valence-corrected chi connectivity index (χ3v) is 1.90. The van der Waals surface area contributed by atoms with Crippen molar-refractivity contribution in [1.82, 2.24) is 0 Å². The second-order valence-electron chi connectivity index (χ2n) is 3.56. The van der Waals surface area contributed by atoms with Gasteiger partial charge in [-0.25, -0.2) is 0 Å². The van der Waals surface area contributed by atoms with E-state index >= 15 is 0 Å². The fraction of sp³-hybridized carbons (Fsp3) is 0.556. The molecular formula is C18H36. The molecule has 1 rings (SSSR count). The molecule has 0 aliphatic rings. The Morgan fingerprint density at radius 3 is 1.22 bits per heavy atom. The first-order valence-electron chi connectivity index (χ1n) is 6.72. The lowest BCUT2D eigenvalue weighted by Crippen LogP contribution is -1.74. The number of allylic oxidation sites excluding steroid dienone is 1. The van der Waals surface area contributed by atoms with Crippen LogP contribution in [0.15, 0.2) is 36.9 Å². The molecule has 0 spiro atoms. The molecule has 0 saturated carbocycles. The van der Waals surface area contributed by atoms with Gasteiger partial charge in [-0.05, 0) is 30.9 Å². The Hall–Kier alpha value is -1.04. The molecule has 1 aromatic rings. The maximum absolute atomic E-state index is 3.56. The minimum absolute atomic E-state index is 0. The zero-order valence-corrected chi connectivity index (χ0v) is 13.2. The van der Waals surface area contributed by atoms with Crippen molar-refractivity contribution in [3.05, 3.63) is 48.0 Å². The fourth-order valence-electron chi connectivity index (χ4n) is 0.663. The number of benzene rings is 1. The van der Waals surface area contributed by atoms with Gasteiger partial charge in [0.2, 0.25) is 0 Å². The smallest absolute Gasteiger partial charge is 0.0293 e. The zero-order valence-electron chi connectivity index (χ0n) is 13.2. The van der Waals surface area contributed by atoms with Gasteiger partial charge in [0.25, 0.3) is 0 Å². The predicted octanol–water partition coefficient (Wildman–Crippen LogP) is 6.82. The summed E-state index contributed by atoms with van der Waals surface area (Å²) in [6.07, 6.45) is 1.92. The Kier molecular flexibility index (Phi) is 30.4. The zero-order chi connectivity index (χ0) is 14.3. The Morgan fingerprint density at radius 2 is 1.11 bits per heavy atom. The monoisotopic (exact) mass is 252 g/mol. The van der Waals surface area contributed by atoms with Gasteiger partial charge in [0.1, 0.15) is 0 Å². The van der Waals surface area contributed by atoms with Crippen molar-refractivity contribution >= 4 is 0 Å². The van der Waals surface area contributed by atoms with Crippen molar-refractivity contribution in [2.45, 2.75) is 62.8 Å². The van der Waals surface area contributed by atoms with Crippen LogP contribution in [-0.2, 0) is 0 Å². The molecule has 0 radical (unpaired) electrons. The van der Waals surface area contributed by atoms with Gasteiger partial charge in [0.05, 0.1) is 0 Å². The molecule has 18 heavy (non-hydrogen) atoms. The van der Waals surface area contributed by atoms with Gasteiger partial charge in [-0.1, -0.05) is 79.3 Å². The lowest BCUT2D eigenvalue weighted by molar-refractivity contribution is 0.835. The molecule has 0 bridgehead atoms. The van der Waals surface area contributed by atoms with Gasteiger partial charge >= 0.3 is 0 Å². The van der Waals surface area contributed by atoms with Crippen LogP contribution in [-0.4, -0.2) is 0 Å². The molecule has 0 unspecified atom stereocenters. The van der Waals surface area contributed by atoms with Gasteiger partial charge < -0.3 is 0 Å². The molecule has 0 amide bonds. The van der Waals surface area contributed by atoms with E-state index in [0.717, 1.165) is 0 Å². The van der Waals surface area contributed by atoms with Gasteiger partial charge in [-0.15, -0.1) is 6.58 Å². The standard InChI is InChI=1S/C8H10.C5H10.2C2H6.CH4/c1-7-5-3-4-6-8(7)2;1-4-5(2)3;2*1-2;/h3-6H,1-2H3;4-5H,1H2,2-3H3;2*1-2H3;1H4. The topological polar surface area (TPSA) is 0 Å². The van der Waals surface area contributed by atoms with E-state index in [9.17, 15) is 0 Å². The molecule has 0 atom stereocenters. The number of hydrogen-bond donors (Lipinski definition) is 0. The summed E-state index contributed by atoms with van der Waals surface area (Å²) in [7, 11) is 0. The first-order valence-corrected chi connectivity index (χ1v) is 6.72. The summed E-state index contributed by atoms with van der Waals surface area (Å²) in [4.78, 5) is 0. The van der Waals surface area contributed by atoms with Crippen molar-refractivity contribution in [2.24, 2.45) is 5.92 Å². The number of rotatable bonds is 1. The normalized spacial score (nSPS) is 7.17. The maximum atomic E-state index is 3.56. The lowest BCUT2D eigenvalue weighted by atomic mass is 10.1. The van der Waals surface area contributed by atoms with Gasteiger partial charge in [-0.2, -0.15) is 0 Å². The van der Waals surface area contributed by atoms with Crippen molar-refractivity contribution < 1.29 is 0 Å². The van der Waals surface area contributed by atoms with E-state index in [1.54, 1.807) is 0 Å². The number of hydrogen-bond acceptors (Lipinski definition) is 0. The third kappa shape index (κ3) is 20.4. The minimum Gasteiger partial charge on any atom is -0.103 e. The summed E-state index contributed by atoms with van der Waals surface area (Å²) in [5.41, 5.74) is 2.74. The van der Waals surface area contributed by atoms with E-state index in [1.165, 1.54) is 11.1 Å². The summed E-state index contributed by atoms with van der Waals surface area (Å²) in [6, 6.07) is 8.36. The second kappa shape index (κ2) is 21.3. The largest absolute Gasteiger partial charge is 0.103 e. The Balaban J connectivity index is -0.0000000863. The molecule has 0 saturated heterocycles. The van der Waals surface area contributed by atoms with Crippen LogP contribution in [0.1, 0.15) is 60.1 Å².